The van der Waals surface area contributed by atoms with E-state index in [0.717, 1.165) is 10.0 Å². The van der Waals surface area contributed by atoms with Crippen LogP contribution in [0.4, 0.5) is 15.9 Å². The van der Waals surface area contributed by atoms with E-state index in [-0.39, 0.29) is 11.7 Å². The number of aromatic nitrogens is 2. The number of rotatable bonds is 3. The van der Waals surface area contributed by atoms with Crippen LogP contribution in [0.3, 0.4) is 0 Å². The second kappa shape index (κ2) is 5.84. The quantitative estimate of drug-likeness (QED) is 0.805. The first kappa shape index (κ1) is 14.2. The van der Waals surface area contributed by atoms with E-state index in [9.17, 15) is 4.39 Å². The first-order chi connectivity index (χ1) is 8.99. The Labute approximate surface area is 124 Å². The Hall–Kier alpha value is -1.20. The van der Waals surface area contributed by atoms with E-state index in [4.69, 9.17) is 11.6 Å². The molecule has 1 aromatic carbocycles. The number of hydrogen-bond acceptors (Lipinski definition) is 3. The van der Waals surface area contributed by atoms with E-state index < -0.39 is 0 Å². The third-order valence-electron chi connectivity index (χ3n) is 2.59. The summed E-state index contributed by atoms with van der Waals surface area (Å²) < 4.78 is 14.0. The molecule has 1 heterocycles. The minimum absolute atomic E-state index is 0.156. The van der Waals surface area contributed by atoms with Crippen molar-refractivity contribution in [3.05, 3.63) is 45.5 Å². The lowest BCUT2D eigenvalue weighted by atomic mass is 10.1. The van der Waals surface area contributed by atoms with E-state index >= 15 is 0 Å². The lowest BCUT2D eigenvalue weighted by Crippen LogP contribution is -2.03. The molecule has 1 N–H and O–H groups in total. The van der Waals surface area contributed by atoms with Gasteiger partial charge < -0.3 is 5.32 Å². The van der Waals surface area contributed by atoms with Gasteiger partial charge >= 0.3 is 0 Å². The zero-order valence-corrected chi connectivity index (χ0v) is 12.8. The zero-order chi connectivity index (χ0) is 14.0. The molecule has 0 aliphatic heterocycles. The fourth-order valence-electron chi connectivity index (χ4n) is 1.71. The molecule has 0 unspecified atom stereocenters. The van der Waals surface area contributed by atoms with Crippen LogP contribution >= 0.6 is 27.5 Å². The van der Waals surface area contributed by atoms with E-state index in [1.54, 1.807) is 6.07 Å². The van der Waals surface area contributed by atoms with Crippen molar-refractivity contribution in [2.24, 2.45) is 0 Å². The van der Waals surface area contributed by atoms with Crippen LogP contribution in [-0.2, 0) is 0 Å². The molecule has 3 nitrogen and oxygen atoms in total. The average Bonchev–Trinajstić information content (AvgIpc) is 2.33. The van der Waals surface area contributed by atoms with Crippen LogP contribution in [0, 0.1) is 5.82 Å². The van der Waals surface area contributed by atoms with Gasteiger partial charge in [-0.25, -0.2) is 14.4 Å². The van der Waals surface area contributed by atoms with Crippen molar-refractivity contribution in [2.75, 3.05) is 5.32 Å². The Balaban J connectivity index is 2.44. The minimum atomic E-state index is -0.322. The number of nitrogens with one attached hydrogen (secondary N) is 1. The van der Waals surface area contributed by atoms with Gasteiger partial charge in [0.25, 0.3) is 0 Å². The highest BCUT2D eigenvalue weighted by atomic mass is 79.9. The second-order valence-electron chi connectivity index (χ2n) is 4.33. The van der Waals surface area contributed by atoms with Crippen molar-refractivity contribution in [2.45, 2.75) is 19.8 Å². The number of halogens is 3. The Bertz CT molecular complexity index is 604. The summed E-state index contributed by atoms with van der Waals surface area (Å²) >= 11 is 9.45. The molecule has 2 rings (SSSR count). The molecule has 2 aromatic rings. The predicted molar refractivity (Wildman–Crippen MR) is 78.5 cm³/mol. The molecule has 0 aliphatic rings. The molecule has 0 amide bonds. The van der Waals surface area contributed by atoms with Gasteiger partial charge in [0.2, 0.25) is 0 Å². The van der Waals surface area contributed by atoms with Crippen LogP contribution in [0.1, 0.15) is 25.3 Å². The fourth-order valence-corrected chi connectivity index (χ4v) is 2.40. The monoisotopic (exact) mass is 343 g/mol. The van der Waals surface area contributed by atoms with Crippen molar-refractivity contribution in [1.29, 1.82) is 0 Å². The first-order valence-corrected chi connectivity index (χ1v) is 6.88. The van der Waals surface area contributed by atoms with Crippen LogP contribution in [0.2, 0.25) is 5.15 Å². The smallest absolute Gasteiger partial charge is 0.138 e. The Morgan fingerprint density at radius 1 is 1.32 bits per heavy atom. The van der Waals surface area contributed by atoms with E-state index in [1.807, 2.05) is 13.8 Å². The third-order valence-corrected chi connectivity index (χ3v) is 3.59. The molecule has 0 spiro atoms. The van der Waals surface area contributed by atoms with Gasteiger partial charge in [-0.3, -0.25) is 0 Å². The van der Waals surface area contributed by atoms with Crippen LogP contribution in [0.15, 0.2) is 29.0 Å². The van der Waals surface area contributed by atoms with E-state index in [2.05, 4.69) is 31.2 Å². The largest absolute Gasteiger partial charge is 0.339 e. The molecule has 19 heavy (non-hydrogen) atoms. The molecule has 1 aromatic heterocycles. The highest BCUT2D eigenvalue weighted by Crippen LogP contribution is 2.32. The van der Waals surface area contributed by atoms with Crippen LogP contribution in [0.25, 0.3) is 0 Å². The maximum absolute atomic E-state index is 13.3. The van der Waals surface area contributed by atoms with Gasteiger partial charge in [0.1, 0.15) is 23.1 Å². The lowest BCUT2D eigenvalue weighted by Gasteiger charge is -2.15. The normalized spacial score (nSPS) is 10.8. The average molecular weight is 345 g/mol. The van der Waals surface area contributed by atoms with Gasteiger partial charge in [-0.15, -0.1) is 0 Å². The van der Waals surface area contributed by atoms with E-state index in [0.29, 0.717) is 16.7 Å². The van der Waals surface area contributed by atoms with Gasteiger partial charge in [0, 0.05) is 10.0 Å². The molecule has 0 radical (unpaired) electrons. The van der Waals surface area contributed by atoms with Crippen LogP contribution < -0.4 is 5.32 Å². The number of hydrogen-bond donors (Lipinski definition) is 1. The molecule has 0 saturated heterocycles. The molecular formula is C13H12BrClFN3. The summed E-state index contributed by atoms with van der Waals surface area (Å²) in [6.45, 7) is 3.99. The molecule has 0 bridgehead atoms. The Kier molecular flexibility index (Phi) is 4.37. The maximum atomic E-state index is 13.3. The van der Waals surface area contributed by atoms with Gasteiger partial charge in [-0.05, 0) is 40.0 Å². The highest BCUT2D eigenvalue weighted by molar-refractivity contribution is 9.10. The molecule has 0 atom stereocenters. The number of anilines is 2. The van der Waals surface area contributed by atoms with Crippen molar-refractivity contribution in [3.8, 4) is 0 Å². The zero-order valence-electron chi connectivity index (χ0n) is 10.4. The molecule has 6 heteroatoms. The van der Waals surface area contributed by atoms with Gasteiger partial charge in [0.05, 0.1) is 5.69 Å². The summed E-state index contributed by atoms with van der Waals surface area (Å²) in [5.74, 6) is 0.418. The molecule has 0 aliphatic carbocycles. The summed E-state index contributed by atoms with van der Waals surface area (Å²) in [5.41, 5.74) is 1.40. The Morgan fingerprint density at radius 2 is 2.05 bits per heavy atom. The van der Waals surface area contributed by atoms with Crippen molar-refractivity contribution < 1.29 is 4.39 Å². The second-order valence-corrected chi connectivity index (χ2v) is 5.54. The van der Waals surface area contributed by atoms with Crippen molar-refractivity contribution in [3.63, 3.8) is 0 Å². The fraction of sp³-hybridized carbons (Fsp3) is 0.231. The lowest BCUT2D eigenvalue weighted by molar-refractivity contribution is 0.628. The minimum Gasteiger partial charge on any atom is -0.339 e. The van der Waals surface area contributed by atoms with Gasteiger partial charge in [0.15, 0.2) is 0 Å². The van der Waals surface area contributed by atoms with Crippen molar-refractivity contribution >= 4 is 39.0 Å². The molecule has 0 saturated carbocycles. The first-order valence-electron chi connectivity index (χ1n) is 5.71. The standard InChI is InChI=1S/C13H12BrClFN3/c1-7(2)11-12(15)17-6-18-13(11)19-10-5-8(16)3-4-9(10)14/h3-7H,1-2H3,(H,17,18,19). The summed E-state index contributed by atoms with van der Waals surface area (Å²) in [7, 11) is 0. The van der Waals surface area contributed by atoms with E-state index in [1.165, 1.54) is 18.5 Å². The summed E-state index contributed by atoms with van der Waals surface area (Å²) in [5, 5.41) is 3.48. The van der Waals surface area contributed by atoms with Crippen LogP contribution in [-0.4, -0.2) is 9.97 Å². The highest BCUT2D eigenvalue weighted by Gasteiger charge is 2.14. The van der Waals surface area contributed by atoms with Crippen molar-refractivity contribution in [1.82, 2.24) is 9.97 Å². The number of nitrogens with zero attached hydrogens (tertiary/aromatic N) is 2. The SMILES string of the molecule is CC(C)c1c(Cl)ncnc1Nc1cc(F)ccc1Br. The van der Waals surface area contributed by atoms with Gasteiger partial charge in [-0.2, -0.15) is 0 Å². The van der Waals surface area contributed by atoms with Crippen LogP contribution in [0.5, 0.6) is 0 Å². The molecular weight excluding hydrogens is 333 g/mol. The predicted octanol–water partition coefficient (Wildman–Crippen LogP) is 4.90. The maximum Gasteiger partial charge on any atom is 0.138 e. The number of benzene rings is 1. The summed E-state index contributed by atoms with van der Waals surface area (Å²) in [6.07, 6.45) is 1.38. The topological polar surface area (TPSA) is 37.8 Å². The molecule has 0 fully saturated rings. The third kappa shape index (κ3) is 3.22. The summed E-state index contributed by atoms with van der Waals surface area (Å²) in [4.78, 5) is 8.15. The summed E-state index contributed by atoms with van der Waals surface area (Å²) in [6, 6.07) is 4.41. The Morgan fingerprint density at radius 3 is 2.74 bits per heavy atom. The molecule has 100 valence electrons. The van der Waals surface area contributed by atoms with Gasteiger partial charge in [-0.1, -0.05) is 25.4 Å².